The van der Waals surface area contributed by atoms with Gasteiger partial charge in [0.15, 0.2) is 0 Å². The topological polar surface area (TPSA) is 32.8 Å². The Morgan fingerprint density at radius 1 is 1.07 bits per heavy atom. The van der Waals surface area contributed by atoms with Crippen LogP contribution in [0.3, 0.4) is 0 Å². The van der Waals surface area contributed by atoms with Crippen LogP contribution in [0, 0.1) is 0 Å². The number of hydrogen-bond donors (Lipinski definition) is 0. The molecule has 1 heterocycles. The maximum absolute atomic E-state index is 12.5. The van der Waals surface area contributed by atoms with E-state index in [0.29, 0.717) is 11.8 Å². The Bertz CT molecular complexity index is 833. The molecule has 1 aliphatic carbocycles. The Morgan fingerprint density at radius 2 is 1.67 bits per heavy atom. The molecular weight excluding hydrogens is 396 g/mol. The third-order valence-electron chi connectivity index (χ3n) is 6.26. The molecule has 0 N–H and O–H groups in total. The lowest BCUT2D eigenvalue weighted by Gasteiger charge is -2.42. The standard InChI is InChI=1S/C25H30N2O2.ClH/c1-26(25(28)29-23-13-6-3-7-14-23)22-15-17-27(18-16-22)24(21-11-8-12-21)19-20-9-4-2-5-10-20;/h2-7,9-11,13-14,22,24H,8,12,15-19H2,1H3;1H. The van der Waals surface area contributed by atoms with Crippen molar-refractivity contribution in [2.75, 3.05) is 20.1 Å². The minimum atomic E-state index is -0.266. The Balaban J connectivity index is 0.00000256. The number of halogens is 1. The first-order valence-electron chi connectivity index (χ1n) is 10.7. The first-order chi connectivity index (χ1) is 14.2. The van der Waals surface area contributed by atoms with Crippen LogP contribution in [0.2, 0.25) is 0 Å². The first kappa shape index (κ1) is 22.4. The minimum Gasteiger partial charge on any atom is -0.410 e. The summed E-state index contributed by atoms with van der Waals surface area (Å²) in [5.74, 6) is 0.599. The third kappa shape index (κ3) is 5.44. The van der Waals surface area contributed by atoms with Gasteiger partial charge < -0.3 is 9.64 Å². The van der Waals surface area contributed by atoms with Gasteiger partial charge in [-0.25, -0.2) is 4.79 Å². The summed E-state index contributed by atoms with van der Waals surface area (Å²) < 4.78 is 5.51. The molecular formula is C25H31ClN2O2. The van der Waals surface area contributed by atoms with Crippen LogP contribution in [-0.2, 0) is 6.42 Å². The van der Waals surface area contributed by atoms with Gasteiger partial charge in [0.25, 0.3) is 0 Å². The summed E-state index contributed by atoms with van der Waals surface area (Å²) in [4.78, 5) is 16.9. The van der Waals surface area contributed by atoms with Gasteiger partial charge in [0, 0.05) is 32.2 Å². The van der Waals surface area contributed by atoms with E-state index in [0.717, 1.165) is 32.4 Å². The number of hydrogen-bond acceptors (Lipinski definition) is 3. The SMILES string of the molecule is CN(C(=O)Oc1ccccc1)C1CCN(C(Cc2ccccc2)C2=CCC2)CC1.Cl. The van der Waals surface area contributed by atoms with Gasteiger partial charge in [-0.3, -0.25) is 4.90 Å². The molecule has 0 saturated carbocycles. The molecule has 1 unspecified atom stereocenters. The first-order valence-corrected chi connectivity index (χ1v) is 10.7. The number of piperidine rings is 1. The van der Waals surface area contributed by atoms with Crippen LogP contribution in [-0.4, -0.2) is 48.1 Å². The predicted molar refractivity (Wildman–Crippen MR) is 123 cm³/mol. The normalized spacial score (nSPS) is 17.8. The molecule has 4 rings (SSSR count). The molecule has 4 nitrogen and oxygen atoms in total. The molecule has 0 spiro atoms. The molecule has 1 fully saturated rings. The van der Waals surface area contributed by atoms with Crippen molar-refractivity contribution in [1.29, 1.82) is 0 Å². The zero-order chi connectivity index (χ0) is 20.1. The number of rotatable bonds is 6. The Morgan fingerprint density at radius 3 is 2.23 bits per heavy atom. The van der Waals surface area contributed by atoms with E-state index in [1.165, 1.54) is 18.4 Å². The van der Waals surface area contributed by atoms with Crippen LogP contribution in [0.1, 0.15) is 31.2 Å². The number of ether oxygens (including phenoxy) is 1. The van der Waals surface area contributed by atoms with Crippen LogP contribution >= 0.6 is 12.4 Å². The largest absolute Gasteiger partial charge is 0.415 e. The summed E-state index contributed by atoms with van der Waals surface area (Å²) >= 11 is 0. The van der Waals surface area contributed by atoms with Gasteiger partial charge in [-0.2, -0.15) is 0 Å². The predicted octanol–water partition coefficient (Wildman–Crippen LogP) is 5.33. The number of benzene rings is 2. The van der Waals surface area contributed by atoms with Gasteiger partial charge >= 0.3 is 6.09 Å². The van der Waals surface area contributed by atoms with Crippen molar-refractivity contribution in [1.82, 2.24) is 9.80 Å². The molecule has 30 heavy (non-hydrogen) atoms. The maximum atomic E-state index is 12.5. The van der Waals surface area contributed by atoms with E-state index in [1.807, 2.05) is 37.4 Å². The second kappa shape index (κ2) is 10.6. The van der Waals surface area contributed by atoms with Crippen LogP contribution in [0.15, 0.2) is 72.3 Å². The van der Waals surface area contributed by atoms with E-state index >= 15 is 0 Å². The number of carbonyl (C=O) groups is 1. The Kier molecular flexibility index (Phi) is 7.94. The van der Waals surface area contributed by atoms with E-state index in [4.69, 9.17) is 4.74 Å². The highest BCUT2D eigenvalue weighted by Gasteiger charge is 2.32. The molecule has 0 aromatic heterocycles. The van der Waals surface area contributed by atoms with Crippen molar-refractivity contribution in [2.24, 2.45) is 0 Å². The van der Waals surface area contributed by atoms with E-state index in [9.17, 15) is 4.79 Å². The summed E-state index contributed by atoms with van der Waals surface area (Å²) in [6, 6.07) is 20.8. The highest BCUT2D eigenvalue weighted by Crippen LogP contribution is 2.30. The third-order valence-corrected chi connectivity index (χ3v) is 6.26. The lowest BCUT2D eigenvalue weighted by atomic mass is 9.86. The molecule has 0 bridgehead atoms. The van der Waals surface area contributed by atoms with Crippen LogP contribution in [0.4, 0.5) is 4.79 Å². The van der Waals surface area contributed by atoms with E-state index in [-0.39, 0.29) is 24.5 Å². The fourth-order valence-corrected chi connectivity index (χ4v) is 4.34. The highest BCUT2D eigenvalue weighted by atomic mass is 35.5. The highest BCUT2D eigenvalue weighted by molar-refractivity contribution is 5.85. The molecule has 2 aromatic rings. The van der Waals surface area contributed by atoms with Crippen molar-refractivity contribution in [3.05, 3.63) is 77.9 Å². The van der Waals surface area contributed by atoms with Gasteiger partial charge in [-0.15, -0.1) is 12.4 Å². The van der Waals surface area contributed by atoms with Crippen molar-refractivity contribution in [3.8, 4) is 5.75 Å². The fraction of sp³-hybridized carbons (Fsp3) is 0.400. The average Bonchev–Trinajstić information content (AvgIpc) is 2.73. The summed E-state index contributed by atoms with van der Waals surface area (Å²) in [6.45, 7) is 2.03. The van der Waals surface area contributed by atoms with Gasteiger partial charge in [0.05, 0.1) is 0 Å². The molecule has 5 heteroatoms. The summed E-state index contributed by atoms with van der Waals surface area (Å²) in [6.07, 6.45) is 7.62. The summed E-state index contributed by atoms with van der Waals surface area (Å²) in [5.41, 5.74) is 2.99. The number of nitrogens with zero attached hydrogens (tertiary/aromatic N) is 2. The monoisotopic (exact) mass is 426 g/mol. The van der Waals surface area contributed by atoms with Crippen LogP contribution < -0.4 is 4.74 Å². The second-order valence-electron chi connectivity index (χ2n) is 8.08. The van der Waals surface area contributed by atoms with Crippen molar-refractivity contribution < 1.29 is 9.53 Å². The summed E-state index contributed by atoms with van der Waals surface area (Å²) in [5, 5.41) is 0. The maximum Gasteiger partial charge on any atom is 0.415 e. The number of amides is 1. The number of carbonyl (C=O) groups excluding carboxylic acids is 1. The van der Waals surface area contributed by atoms with Gasteiger partial charge in [-0.1, -0.05) is 60.2 Å². The molecule has 2 aliphatic rings. The van der Waals surface area contributed by atoms with Crippen molar-refractivity contribution >= 4 is 18.5 Å². The van der Waals surface area contributed by atoms with Crippen LogP contribution in [0.25, 0.3) is 0 Å². The molecule has 0 radical (unpaired) electrons. The summed E-state index contributed by atoms with van der Waals surface area (Å²) in [7, 11) is 1.86. The van der Waals surface area contributed by atoms with Gasteiger partial charge in [0.2, 0.25) is 0 Å². The molecule has 1 atom stereocenters. The Labute approximate surface area is 185 Å². The second-order valence-corrected chi connectivity index (χ2v) is 8.08. The fourth-order valence-electron chi connectivity index (χ4n) is 4.34. The smallest absolute Gasteiger partial charge is 0.410 e. The van der Waals surface area contributed by atoms with E-state index in [2.05, 4.69) is 41.3 Å². The molecule has 1 amide bonds. The number of likely N-dealkylation sites (tertiary alicyclic amines) is 1. The minimum absolute atomic E-state index is 0. The molecule has 1 aliphatic heterocycles. The average molecular weight is 427 g/mol. The Hall–Kier alpha value is -2.30. The zero-order valence-electron chi connectivity index (χ0n) is 17.6. The molecule has 2 aromatic carbocycles. The lowest BCUT2D eigenvalue weighted by Crippen LogP contribution is -2.50. The quantitative estimate of drug-likeness (QED) is 0.585. The molecule has 160 valence electrons. The van der Waals surface area contributed by atoms with Crippen molar-refractivity contribution in [2.45, 2.75) is 44.2 Å². The number of para-hydroxylation sites is 1. The van der Waals surface area contributed by atoms with Gasteiger partial charge in [-0.05, 0) is 49.8 Å². The zero-order valence-corrected chi connectivity index (χ0v) is 18.4. The van der Waals surface area contributed by atoms with Crippen LogP contribution in [0.5, 0.6) is 5.75 Å². The van der Waals surface area contributed by atoms with Crippen molar-refractivity contribution in [3.63, 3.8) is 0 Å². The van der Waals surface area contributed by atoms with Gasteiger partial charge in [0.1, 0.15) is 5.75 Å². The van der Waals surface area contributed by atoms with E-state index < -0.39 is 0 Å². The number of allylic oxidation sites excluding steroid dienone is 1. The lowest BCUT2D eigenvalue weighted by molar-refractivity contribution is 0.0964. The van der Waals surface area contributed by atoms with E-state index in [1.54, 1.807) is 10.5 Å². The molecule has 1 saturated heterocycles.